The van der Waals surface area contributed by atoms with Crippen LogP contribution in [0.4, 0.5) is 0 Å². The monoisotopic (exact) mass is 1650 g/mol. The third-order valence-corrected chi connectivity index (χ3v) is 20.3. The van der Waals surface area contributed by atoms with E-state index in [4.69, 9.17) is 99.5 Å². The Morgan fingerprint density at radius 1 is 0.395 bits per heavy atom. The Labute approximate surface area is 688 Å². The van der Waals surface area contributed by atoms with Gasteiger partial charge in [-0.2, -0.15) is 0 Å². The number of azide groups is 1. The lowest BCUT2D eigenvalue weighted by Crippen LogP contribution is -2.68. The number of methoxy groups -OCH3 is 1. The van der Waals surface area contributed by atoms with Crippen LogP contribution in [0.3, 0.4) is 0 Å². The fourth-order valence-corrected chi connectivity index (χ4v) is 14.6. The lowest BCUT2D eigenvalue weighted by Gasteiger charge is -2.52. The molecule has 0 unspecified atom stereocenters. The van der Waals surface area contributed by atoms with Gasteiger partial charge in [0.1, 0.15) is 61.0 Å². The number of hydrogen-bond acceptors (Lipinski definition) is 29. The van der Waals surface area contributed by atoms with Gasteiger partial charge in [0.15, 0.2) is 68.1 Å². The Balaban J connectivity index is 1.02. The molecule has 31 heteroatoms. The van der Waals surface area contributed by atoms with Crippen molar-refractivity contribution in [3.8, 4) is 0 Å². The van der Waals surface area contributed by atoms with Crippen molar-refractivity contribution in [2.45, 2.75) is 222 Å². The molecule has 0 radical (unpaired) electrons. The van der Waals surface area contributed by atoms with E-state index in [-0.39, 0.29) is 69.3 Å². The molecule has 0 aliphatic carbocycles. The standard InChI is InChI=1S/C88H99N3O28/c1-52-68(114-82(97)63-40-25-13-26-41-63)67(95)73(115-83(98)64-42-27-14-28-43-64)86(106-52)118-78-72(117-88-80(111-57(6)94)76(110-56(5)93)70(54(3)108-88)109-55(4)92)66(112-81(96)62-38-23-12-24-39-62)51-105-85(78)116-71-65(50-100-46-58-30-15-8-16-31-58)113-84(101-45-29-44-90-91-89)79(75(71)104-49-61-36-21-11-22-37-61)119-87-77(99-7)74(103-48-60-34-19-10-20-35-60)69(53(2)107-87)102-47-59-32-17-9-18-33-59/h8-28,30-43,52-54,65-80,84-88,95H,29,44-51H2,1-7H3/t52-,53-,54-,65+,66-,67+,68-,69+,70-,71-,72-,73+,74+,75-,76+,77-,78+,79+,80+,84+,85-,86-,87-,88-/m0/s1. The number of nitrogens with zero attached hydrogens (tertiary/aromatic N) is 3. The molecule has 5 aliphatic rings. The van der Waals surface area contributed by atoms with Gasteiger partial charge < -0.3 is 105 Å². The van der Waals surface area contributed by atoms with Gasteiger partial charge in [-0.15, -0.1) is 0 Å². The minimum atomic E-state index is -2.02. The quantitative estimate of drug-likeness (QED) is 0.00952. The van der Waals surface area contributed by atoms with Crippen LogP contribution in [0.25, 0.3) is 10.4 Å². The molecule has 0 bridgehead atoms. The molecule has 1 N–H and O–H groups in total. The summed E-state index contributed by atoms with van der Waals surface area (Å²) in [7, 11) is 1.48. The molecular weight excluding hydrogens is 1550 g/mol. The van der Waals surface area contributed by atoms with Crippen molar-refractivity contribution >= 4 is 35.8 Å². The highest BCUT2D eigenvalue weighted by Gasteiger charge is 2.60. The van der Waals surface area contributed by atoms with E-state index in [1.165, 1.54) is 57.4 Å². The third-order valence-electron chi connectivity index (χ3n) is 20.3. The summed E-state index contributed by atoms with van der Waals surface area (Å²) in [6, 6.07) is 61.1. The zero-order valence-corrected chi connectivity index (χ0v) is 66.7. The summed E-state index contributed by atoms with van der Waals surface area (Å²) in [6.07, 6.45) is -36.8. The molecular formula is C88H99N3O28. The number of rotatable bonds is 36. The van der Waals surface area contributed by atoms with Crippen LogP contribution in [0.1, 0.15) is 101 Å². The molecule has 0 saturated carbocycles. The maximum Gasteiger partial charge on any atom is 0.338 e. The van der Waals surface area contributed by atoms with E-state index in [0.717, 1.165) is 37.5 Å². The van der Waals surface area contributed by atoms with Crippen molar-refractivity contribution in [2.24, 2.45) is 5.11 Å². The van der Waals surface area contributed by atoms with Gasteiger partial charge >= 0.3 is 35.8 Å². The second-order valence-electron chi connectivity index (χ2n) is 28.9. The molecule has 0 aromatic heterocycles. The van der Waals surface area contributed by atoms with Crippen LogP contribution in [-0.4, -0.2) is 222 Å². The summed E-state index contributed by atoms with van der Waals surface area (Å²) < 4.78 is 141. The Morgan fingerprint density at radius 2 is 0.782 bits per heavy atom. The molecule has 0 spiro atoms. The Kier molecular flexibility index (Phi) is 32.5. The van der Waals surface area contributed by atoms with Crippen molar-refractivity contribution in [3.05, 3.63) is 262 Å². The predicted molar refractivity (Wildman–Crippen MR) is 417 cm³/mol. The van der Waals surface area contributed by atoms with Crippen LogP contribution in [0.2, 0.25) is 0 Å². The van der Waals surface area contributed by atoms with E-state index in [0.29, 0.717) is 5.56 Å². The molecule has 5 heterocycles. The van der Waals surface area contributed by atoms with Crippen molar-refractivity contribution in [1.82, 2.24) is 0 Å². The van der Waals surface area contributed by atoms with E-state index >= 15 is 0 Å². The molecule has 5 fully saturated rings. The van der Waals surface area contributed by atoms with Gasteiger partial charge in [0.25, 0.3) is 0 Å². The fraction of sp³-hybridized carbons (Fsp3) is 0.455. The Morgan fingerprint density at radius 3 is 1.27 bits per heavy atom. The highest BCUT2D eigenvalue weighted by molar-refractivity contribution is 5.90. The number of ether oxygens (including phenoxy) is 21. The smallest absolute Gasteiger partial charge is 0.338 e. The molecule has 634 valence electrons. The van der Waals surface area contributed by atoms with Crippen molar-refractivity contribution in [3.63, 3.8) is 0 Å². The highest BCUT2D eigenvalue weighted by Crippen LogP contribution is 2.42. The lowest BCUT2D eigenvalue weighted by molar-refractivity contribution is -0.405. The molecule has 24 atom stereocenters. The Bertz CT molecular complexity index is 4380. The van der Waals surface area contributed by atoms with Gasteiger partial charge in [-0.1, -0.05) is 181 Å². The van der Waals surface area contributed by atoms with Crippen LogP contribution in [-0.2, 0) is 140 Å². The van der Waals surface area contributed by atoms with Gasteiger partial charge in [-0.3, -0.25) is 14.4 Å². The fourth-order valence-electron chi connectivity index (χ4n) is 14.6. The molecule has 7 aromatic carbocycles. The highest BCUT2D eigenvalue weighted by atomic mass is 16.8. The van der Waals surface area contributed by atoms with Crippen LogP contribution in [0.5, 0.6) is 0 Å². The molecule has 0 amide bonds. The van der Waals surface area contributed by atoms with Crippen LogP contribution < -0.4 is 0 Å². The van der Waals surface area contributed by atoms with Crippen LogP contribution >= 0.6 is 0 Å². The van der Waals surface area contributed by atoms with Crippen molar-refractivity contribution < 1.29 is 133 Å². The lowest BCUT2D eigenvalue weighted by atomic mass is 9.95. The normalized spacial score (nSPS) is 29.9. The van der Waals surface area contributed by atoms with E-state index in [9.17, 15) is 39.4 Å². The van der Waals surface area contributed by atoms with Crippen molar-refractivity contribution in [2.75, 3.05) is 33.5 Å². The van der Waals surface area contributed by atoms with E-state index < -0.39 is 190 Å². The molecule has 5 aliphatic heterocycles. The van der Waals surface area contributed by atoms with Gasteiger partial charge in [-0.25, -0.2) is 14.4 Å². The first kappa shape index (κ1) is 88.3. The number of carbonyl (C=O) groups is 6. The topological polar surface area (TPSA) is 365 Å². The molecule has 12 rings (SSSR count). The summed E-state index contributed by atoms with van der Waals surface area (Å²) in [5.41, 5.74) is 12.7. The predicted octanol–water partition coefficient (Wildman–Crippen LogP) is 10.4. The maximum atomic E-state index is 14.9. The summed E-state index contributed by atoms with van der Waals surface area (Å²) in [5.74, 6) is -5.51. The number of benzene rings is 7. The maximum absolute atomic E-state index is 14.9. The van der Waals surface area contributed by atoms with Crippen LogP contribution in [0.15, 0.2) is 217 Å². The average Bonchev–Trinajstić information content (AvgIpc) is 0.761. The summed E-state index contributed by atoms with van der Waals surface area (Å²) in [5, 5.41) is 16.7. The number of esters is 6. The molecule has 31 nitrogen and oxygen atoms in total. The number of aliphatic hydroxyl groups is 1. The first-order valence-corrected chi connectivity index (χ1v) is 39.4. The molecule has 7 aromatic rings. The van der Waals surface area contributed by atoms with E-state index in [2.05, 4.69) is 10.0 Å². The van der Waals surface area contributed by atoms with Gasteiger partial charge in [0.05, 0.1) is 74.6 Å². The van der Waals surface area contributed by atoms with E-state index in [1.54, 1.807) is 54.6 Å². The van der Waals surface area contributed by atoms with Crippen LogP contribution in [0, 0.1) is 0 Å². The minimum absolute atomic E-state index is 0.00567. The molecule has 5 saturated heterocycles. The van der Waals surface area contributed by atoms with Gasteiger partial charge in [-0.05, 0) is 91.4 Å². The van der Waals surface area contributed by atoms with Gasteiger partial charge in [0.2, 0.25) is 0 Å². The second-order valence-corrected chi connectivity index (χ2v) is 28.9. The van der Waals surface area contributed by atoms with E-state index in [1.807, 2.05) is 128 Å². The number of carbonyl (C=O) groups excluding carboxylic acids is 6. The second kappa shape index (κ2) is 43.8. The summed E-state index contributed by atoms with van der Waals surface area (Å²) in [6.45, 7) is 7.06. The number of hydrogen-bond donors (Lipinski definition) is 1. The first-order valence-electron chi connectivity index (χ1n) is 39.4. The van der Waals surface area contributed by atoms with Crippen molar-refractivity contribution in [1.29, 1.82) is 0 Å². The van der Waals surface area contributed by atoms with Gasteiger partial charge in [0, 0.05) is 45.9 Å². The minimum Gasteiger partial charge on any atom is -0.456 e. The average molecular weight is 1650 g/mol. The zero-order valence-electron chi connectivity index (χ0n) is 66.7. The third kappa shape index (κ3) is 24.0. The Hall–Kier alpha value is -9.97. The SMILES string of the molecule is CO[C@@H]1[C@H](O[C@H]2[C@H](OCCCN=[N+]=[N-])O[C@H](COCc3ccccc3)[C@H](O[C@@H]3OC[C@H](OC(=O)c4ccccc4)[C@H](O[C@@H]4O[C@@H](C)[C@H](OC(C)=O)[C@@H](OC(C)=O)[C@H]4OC(C)=O)[C@H]3O[C@@H]3O[C@@H](C)[C@H](OC(=O)c4ccccc4)[C@@H](O)[C@H]3OC(=O)c3ccccc3)[C@@H]2OCc2ccccc2)O[C@@H](C)[C@@H](OCc2ccccc2)[C@H]1OCc1ccccc1. The summed E-state index contributed by atoms with van der Waals surface area (Å²) in [4.78, 5) is 86.5. The zero-order chi connectivity index (χ0) is 83.7. The molecule has 119 heavy (non-hydrogen) atoms. The number of aliphatic hydroxyl groups excluding tert-OH is 1. The largest absolute Gasteiger partial charge is 0.456 e. The first-order chi connectivity index (χ1) is 57.8. The summed E-state index contributed by atoms with van der Waals surface area (Å²) >= 11 is 0.